The molecule has 0 saturated carbocycles. The van der Waals surface area contributed by atoms with Gasteiger partial charge >= 0.3 is 0 Å². The van der Waals surface area contributed by atoms with Crippen LogP contribution in [0.15, 0.2) is 60.9 Å². The number of nitrogens with zero attached hydrogens (tertiary/aromatic N) is 3. The number of phenolic OH excluding ortho intramolecular Hbond substituents is 1. The molecule has 1 atom stereocenters. The van der Waals surface area contributed by atoms with E-state index >= 15 is 0 Å². The molecule has 0 aliphatic carbocycles. The maximum Gasteiger partial charge on any atom is 0.237 e. The molecule has 1 amide bonds. The van der Waals surface area contributed by atoms with Gasteiger partial charge in [0.2, 0.25) is 11.8 Å². The summed E-state index contributed by atoms with van der Waals surface area (Å²) in [7, 11) is 0. The average molecular weight is 382 g/mol. The standard InChI is InChI=1S/C20H16ClN3O3/c21-14-4-6-16(7-5-14)27-19-12-22-18(11-23-19)24-17(8-9-20(24)26)13-2-1-3-15(25)10-13/h1-7,10-12,17,25H,8-9H2/t17-/m1/s1. The number of rotatable bonds is 4. The van der Waals surface area contributed by atoms with Crippen LogP contribution in [0.5, 0.6) is 17.4 Å². The van der Waals surface area contributed by atoms with Gasteiger partial charge in [0.1, 0.15) is 11.5 Å². The van der Waals surface area contributed by atoms with Crippen molar-refractivity contribution < 1.29 is 14.6 Å². The van der Waals surface area contributed by atoms with Gasteiger partial charge in [-0.25, -0.2) is 9.97 Å². The molecule has 1 aliphatic heterocycles. The van der Waals surface area contributed by atoms with E-state index in [1.807, 2.05) is 6.07 Å². The molecular formula is C20H16ClN3O3. The van der Waals surface area contributed by atoms with Crippen molar-refractivity contribution in [3.8, 4) is 17.4 Å². The van der Waals surface area contributed by atoms with Gasteiger partial charge in [0.05, 0.1) is 18.4 Å². The van der Waals surface area contributed by atoms with E-state index in [0.717, 1.165) is 5.56 Å². The highest BCUT2D eigenvalue weighted by molar-refractivity contribution is 6.30. The number of ether oxygens (including phenoxy) is 1. The number of anilines is 1. The van der Waals surface area contributed by atoms with E-state index < -0.39 is 0 Å². The summed E-state index contributed by atoms with van der Waals surface area (Å²) in [4.78, 5) is 22.6. The molecule has 4 rings (SSSR count). The predicted molar refractivity (Wildman–Crippen MR) is 101 cm³/mol. The molecule has 27 heavy (non-hydrogen) atoms. The van der Waals surface area contributed by atoms with Gasteiger partial charge < -0.3 is 9.84 Å². The molecule has 0 unspecified atom stereocenters. The fraction of sp³-hybridized carbons (Fsp3) is 0.150. The Labute approximate surface area is 161 Å². The van der Waals surface area contributed by atoms with Crippen molar-refractivity contribution in [1.82, 2.24) is 9.97 Å². The van der Waals surface area contributed by atoms with Gasteiger partial charge in [-0.15, -0.1) is 0 Å². The molecule has 2 heterocycles. The van der Waals surface area contributed by atoms with Crippen LogP contribution in [-0.4, -0.2) is 21.0 Å². The lowest BCUT2D eigenvalue weighted by molar-refractivity contribution is -0.117. The van der Waals surface area contributed by atoms with Crippen LogP contribution >= 0.6 is 11.6 Å². The maximum absolute atomic E-state index is 12.4. The normalized spacial score (nSPS) is 16.6. The monoisotopic (exact) mass is 381 g/mol. The van der Waals surface area contributed by atoms with Gasteiger partial charge in [-0.3, -0.25) is 9.69 Å². The maximum atomic E-state index is 12.4. The van der Waals surface area contributed by atoms with E-state index in [4.69, 9.17) is 16.3 Å². The molecule has 1 fully saturated rings. The van der Waals surface area contributed by atoms with E-state index in [-0.39, 0.29) is 17.7 Å². The largest absolute Gasteiger partial charge is 0.508 e. The zero-order chi connectivity index (χ0) is 18.8. The second-order valence-electron chi connectivity index (χ2n) is 6.18. The number of hydrogen-bond donors (Lipinski definition) is 1. The first-order valence-electron chi connectivity index (χ1n) is 8.46. The summed E-state index contributed by atoms with van der Waals surface area (Å²) in [6, 6.07) is 13.7. The van der Waals surface area contributed by atoms with Gasteiger partial charge in [0.25, 0.3) is 0 Å². The smallest absolute Gasteiger partial charge is 0.237 e. The minimum Gasteiger partial charge on any atom is -0.508 e. The summed E-state index contributed by atoms with van der Waals surface area (Å²) in [5.74, 6) is 1.51. The van der Waals surface area contributed by atoms with E-state index in [9.17, 15) is 9.90 Å². The summed E-state index contributed by atoms with van der Waals surface area (Å²) >= 11 is 5.86. The molecule has 1 aromatic heterocycles. The molecule has 2 aromatic carbocycles. The Morgan fingerprint density at radius 2 is 1.93 bits per heavy atom. The highest BCUT2D eigenvalue weighted by Gasteiger charge is 2.34. The third-order valence-electron chi connectivity index (χ3n) is 4.36. The van der Waals surface area contributed by atoms with Crippen LogP contribution in [-0.2, 0) is 4.79 Å². The Kier molecular flexibility index (Phi) is 4.64. The van der Waals surface area contributed by atoms with Crippen LogP contribution in [0.25, 0.3) is 0 Å². The van der Waals surface area contributed by atoms with Gasteiger partial charge in [-0.2, -0.15) is 0 Å². The number of benzene rings is 2. The number of carbonyl (C=O) groups excluding carboxylic acids is 1. The number of hydrogen-bond acceptors (Lipinski definition) is 5. The molecule has 7 heteroatoms. The lowest BCUT2D eigenvalue weighted by Gasteiger charge is -2.24. The van der Waals surface area contributed by atoms with Crippen molar-refractivity contribution in [2.45, 2.75) is 18.9 Å². The molecule has 1 N–H and O–H groups in total. The second-order valence-corrected chi connectivity index (χ2v) is 6.62. The quantitative estimate of drug-likeness (QED) is 0.720. The third kappa shape index (κ3) is 3.71. The molecule has 6 nitrogen and oxygen atoms in total. The summed E-state index contributed by atoms with van der Waals surface area (Å²) < 4.78 is 5.64. The molecule has 3 aromatic rings. The predicted octanol–water partition coefficient (Wildman–Crippen LogP) is 4.50. The van der Waals surface area contributed by atoms with Crippen LogP contribution in [0.2, 0.25) is 5.02 Å². The van der Waals surface area contributed by atoms with Crippen LogP contribution < -0.4 is 9.64 Å². The van der Waals surface area contributed by atoms with Gasteiger partial charge in [0.15, 0.2) is 5.82 Å². The number of carbonyl (C=O) groups is 1. The van der Waals surface area contributed by atoms with Crippen LogP contribution in [0, 0.1) is 0 Å². The fourth-order valence-electron chi connectivity index (χ4n) is 3.13. The third-order valence-corrected chi connectivity index (χ3v) is 4.62. The first-order chi connectivity index (χ1) is 13.1. The van der Waals surface area contributed by atoms with Gasteiger partial charge in [-0.05, 0) is 48.4 Å². The van der Waals surface area contributed by atoms with Crippen molar-refractivity contribution in [1.29, 1.82) is 0 Å². The van der Waals surface area contributed by atoms with Crippen molar-refractivity contribution >= 4 is 23.3 Å². The molecule has 0 spiro atoms. The van der Waals surface area contributed by atoms with Crippen LogP contribution in [0.4, 0.5) is 5.82 Å². The first-order valence-corrected chi connectivity index (χ1v) is 8.84. The Morgan fingerprint density at radius 1 is 1.11 bits per heavy atom. The average Bonchev–Trinajstić information content (AvgIpc) is 3.06. The summed E-state index contributed by atoms with van der Waals surface area (Å²) in [5.41, 5.74) is 0.865. The summed E-state index contributed by atoms with van der Waals surface area (Å²) in [5, 5.41) is 10.4. The SMILES string of the molecule is O=C1CC[C@H](c2cccc(O)c2)N1c1cnc(Oc2ccc(Cl)cc2)cn1. The molecule has 0 radical (unpaired) electrons. The van der Waals surface area contributed by atoms with E-state index in [2.05, 4.69) is 9.97 Å². The van der Waals surface area contributed by atoms with Crippen LogP contribution in [0.3, 0.4) is 0 Å². The first kappa shape index (κ1) is 17.3. The van der Waals surface area contributed by atoms with Crippen LogP contribution in [0.1, 0.15) is 24.4 Å². The topological polar surface area (TPSA) is 75.5 Å². The van der Waals surface area contributed by atoms with Crippen molar-refractivity contribution in [2.75, 3.05) is 4.90 Å². The lowest BCUT2D eigenvalue weighted by Crippen LogP contribution is -2.28. The second kappa shape index (κ2) is 7.25. The van der Waals surface area contributed by atoms with Crippen molar-refractivity contribution in [3.05, 3.63) is 71.5 Å². The Morgan fingerprint density at radius 3 is 2.63 bits per heavy atom. The number of phenols is 1. The summed E-state index contributed by atoms with van der Waals surface area (Å²) in [6.07, 6.45) is 4.08. The highest BCUT2D eigenvalue weighted by Crippen LogP contribution is 2.37. The zero-order valence-corrected chi connectivity index (χ0v) is 15.0. The molecule has 1 aliphatic rings. The van der Waals surface area contributed by atoms with E-state index in [0.29, 0.717) is 35.3 Å². The molecular weight excluding hydrogens is 366 g/mol. The fourth-order valence-corrected chi connectivity index (χ4v) is 3.25. The number of aromatic hydroxyl groups is 1. The number of aromatic nitrogens is 2. The lowest BCUT2D eigenvalue weighted by atomic mass is 10.0. The Bertz CT molecular complexity index is 961. The van der Waals surface area contributed by atoms with E-state index in [1.165, 1.54) is 12.4 Å². The van der Waals surface area contributed by atoms with Crippen molar-refractivity contribution in [3.63, 3.8) is 0 Å². The molecule has 136 valence electrons. The highest BCUT2D eigenvalue weighted by atomic mass is 35.5. The molecule has 1 saturated heterocycles. The number of halogens is 1. The Hall–Kier alpha value is -3.12. The minimum absolute atomic E-state index is 0.0241. The number of amides is 1. The Balaban J connectivity index is 1.56. The van der Waals surface area contributed by atoms with Gasteiger partial charge in [-0.1, -0.05) is 23.7 Å². The van der Waals surface area contributed by atoms with Crippen molar-refractivity contribution in [2.24, 2.45) is 0 Å². The van der Waals surface area contributed by atoms with Gasteiger partial charge in [0, 0.05) is 11.4 Å². The summed E-state index contributed by atoms with van der Waals surface area (Å²) in [6.45, 7) is 0. The zero-order valence-electron chi connectivity index (χ0n) is 14.2. The minimum atomic E-state index is -0.179. The molecule has 0 bridgehead atoms. The van der Waals surface area contributed by atoms with E-state index in [1.54, 1.807) is 47.4 Å².